The second-order valence-electron chi connectivity index (χ2n) is 7.92. The maximum Gasteiger partial charge on any atom is 0.256 e. The number of carbonyl (C=O) groups is 1. The Bertz CT molecular complexity index is 743. The third-order valence-corrected chi connectivity index (χ3v) is 5.18. The fourth-order valence-electron chi connectivity index (χ4n) is 3.69. The van der Waals surface area contributed by atoms with Gasteiger partial charge in [-0.1, -0.05) is 43.3 Å². The summed E-state index contributed by atoms with van der Waals surface area (Å²) in [6, 6.07) is 10.2. The van der Waals surface area contributed by atoms with Gasteiger partial charge >= 0.3 is 0 Å². The molecular weight excluding hydrogens is 342 g/mol. The molecule has 2 heterocycles. The SMILES string of the molecule is CC(C)c1ccc(CN2CCCC(O)(CN(C)Cc3ccon3)C2=O)cc1. The zero-order chi connectivity index (χ0) is 19.4. The first-order valence-electron chi connectivity index (χ1n) is 9.56. The lowest BCUT2D eigenvalue weighted by Crippen LogP contribution is -2.57. The van der Waals surface area contributed by atoms with Crippen LogP contribution in [0.3, 0.4) is 0 Å². The second kappa shape index (κ2) is 8.23. The zero-order valence-electron chi connectivity index (χ0n) is 16.4. The first kappa shape index (κ1) is 19.6. The smallest absolute Gasteiger partial charge is 0.256 e. The van der Waals surface area contributed by atoms with Gasteiger partial charge in [0.2, 0.25) is 0 Å². The summed E-state index contributed by atoms with van der Waals surface area (Å²) in [4.78, 5) is 16.7. The normalized spacial score (nSPS) is 20.7. The van der Waals surface area contributed by atoms with Crippen LogP contribution in [0.4, 0.5) is 0 Å². The highest BCUT2D eigenvalue weighted by molar-refractivity contribution is 5.86. The summed E-state index contributed by atoms with van der Waals surface area (Å²) in [5.74, 6) is 0.301. The van der Waals surface area contributed by atoms with Gasteiger partial charge in [0.25, 0.3) is 5.91 Å². The van der Waals surface area contributed by atoms with Gasteiger partial charge in [0.1, 0.15) is 6.26 Å². The van der Waals surface area contributed by atoms with E-state index in [1.54, 1.807) is 11.0 Å². The van der Waals surface area contributed by atoms with E-state index in [-0.39, 0.29) is 12.5 Å². The summed E-state index contributed by atoms with van der Waals surface area (Å²) in [6.07, 6.45) is 2.80. The summed E-state index contributed by atoms with van der Waals surface area (Å²) in [6.45, 7) is 6.36. The number of nitrogens with zero attached hydrogens (tertiary/aromatic N) is 3. The Labute approximate surface area is 160 Å². The zero-order valence-corrected chi connectivity index (χ0v) is 16.4. The predicted octanol–water partition coefficient (Wildman–Crippen LogP) is 2.78. The van der Waals surface area contributed by atoms with Gasteiger partial charge in [-0.05, 0) is 36.9 Å². The van der Waals surface area contributed by atoms with Gasteiger partial charge in [0.05, 0.1) is 5.69 Å². The Balaban J connectivity index is 1.63. The van der Waals surface area contributed by atoms with E-state index in [1.165, 1.54) is 11.8 Å². The highest BCUT2D eigenvalue weighted by Crippen LogP contribution is 2.26. The van der Waals surface area contributed by atoms with Crippen LogP contribution in [0.1, 0.15) is 49.4 Å². The molecule has 0 aliphatic carbocycles. The van der Waals surface area contributed by atoms with E-state index < -0.39 is 5.60 Å². The third kappa shape index (κ3) is 4.76. The molecule has 1 saturated heterocycles. The number of likely N-dealkylation sites (N-methyl/N-ethyl adjacent to an activating group) is 1. The van der Waals surface area contributed by atoms with Crippen molar-refractivity contribution in [2.45, 2.75) is 51.3 Å². The molecular formula is C21H29N3O3. The number of likely N-dealkylation sites (tertiary alicyclic amines) is 1. The molecule has 1 aromatic heterocycles. The monoisotopic (exact) mass is 371 g/mol. The van der Waals surface area contributed by atoms with Crippen molar-refractivity contribution in [3.63, 3.8) is 0 Å². The molecule has 1 aliphatic heterocycles. The number of amides is 1. The lowest BCUT2D eigenvalue weighted by atomic mass is 9.90. The van der Waals surface area contributed by atoms with Crippen molar-refractivity contribution in [3.8, 4) is 0 Å². The minimum Gasteiger partial charge on any atom is -0.379 e. The van der Waals surface area contributed by atoms with Crippen LogP contribution in [-0.4, -0.2) is 51.7 Å². The molecule has 0 radical (unpaired) electrons. The first-order valence-corrected chi connectivity index (χ1v) is 9.56. The van der Waals surface area contributed by atoms with E-state index in [0.29, 0.717) is 32.0 Å². The maximum absolute atomic E-state index is 13.0. The van der Waals surface area contributed by atoms with Crippen LogP contribution in [0.2, 0.25) is 0 Å². The largest absolute Gasteiger partial charge is 0.379 e. The molecule has 6 heteroatoms. The van der Waals surface area contributed by atoms with Crippen molar-refractivity contribution in [2.24, 2.45) is 0 Å². The van der Waals surface area contributed by atoms with Crippen LogP contribution in [0.5, 0.6) is 0 Å². The number of aliphatic hydroxyl groups is 1. The lowest BCUT2D eigenvalue weighted by molar-refractivity contribution is -0.160. The van der Waals surface area contributed by atoms with Gasteiger partial charge < -0.3 is 14.5 Å². The van der Waals surface area contributed by atoms with Crippen molar-refractivity contribution in [1.82, 2.24) is 15.0 Å². The Kier molecular flexibility index (Phi) is 5.97. The molecule has 2 aromatic rings. The van der Waals surface area contributed by atoms with Crippen LogP contribution in [0, 0.1) is 0 Å². The fourth-order valence-corrected chi connectivity index (χ4v) is 3.69. The number of hydrogen-bond acceptors (Lipinski definition) is 5. The minimum atomic E-state index is -1.35. The standard InChI is InChI=1S/C21H29N3O3/c1-16(2)18-7-5-17(6-8-18)13-24-11-4-10-21(26,20(24)25)15-23(3)14-19-9-12-27-22-19/h5-9,12,16,26H,4,10-11,13-15H2,1-3H3. The number of rotatable bonds is 7. The summed E-state index contributed by atoms with van der Waals surface area (Å²) in [5.41, 5.74) is 1.81. The minimum absolute atomic E-state index is 0.186. The third-order valence-electron chi connectivity index (χ3n) is 5.18. The predicted molar refractivity (Wildman–Crippen MR) is 103 cm³/mol. The van der Waals surface area contributed by atoms with Gasteiger partial charge in [0, 0.05) is 32.2 Å². The number of benzene rings is 1. The quantitative estimate of drug-likeness (QED) is 0.810. The molecule has 1 fully saturated rings. The highest BCUT2D eigenvalue weighted by Gasteiger charge is 2.42. The molecule has 27 heavy (non-hydrogen) atoms. The van der Waals surface area contributed by atoms with Gasteiger partial charge in [-0.2, -0.15) is 0 Å². The van der Waals surface area contributed by atoms with Crippen molar-refractivity contribution in [2.75, 3.05) is 20.1 Å². The van der Waals surface area contributed by atoms with E-state index in [0.717, 1.165) is 17.7 Å². The molecule has 6 nitrogen and oxygen atoms in total. The molecule has 0 bridgehead atoms. The van der Waals surface area contributed by atoms with E-state index in [2.05, 4.69) is 43.3 Å². The van der Waals surface area contributed by atoms with E-state index >= 15 is 0 Å². The van der Waals surface area contributed by atoms with Gasteiger partial charge in [-0.15, -0.1) is 0 Å². The molecule has 0 saturated carbocycles. The van der Waals surface area contributed by atoms with Crippen LogP contribution in [0.25, 0.3) is 0 Å². The molecule has 1 aromatic carbocycles. The van der Waals surface area contributed by atoms with Crippen LogP contribution in [-0.2, 0) is 17.9 Å². The van der Waals surface area contributed by atoms with Crippen LogP contribution in [0.15, 0.2) is 41.1 Å². The van der Waals surface area contributed by atoms with Crippen LogP contribution >= 0.6 is 0 Å². The van der Waals surface area contributed by atoms with Gasteiger partial charge in [-0.25, -0.2) is 0 Å². The molecule has 1 aliphatic rings. The molecule has 1 atom stereocenters. The summed E-state index contributed by atoms with van der Waals surface area (Å²) in [5, 5.41) is 14.9. The highest BCUT2D eigenvalue weighted by atomic mass is 16.5. The van der Waals surface area contributed by atoms with Crippen molar-refractivity contribution in [1.29, 1.82) is 0 Å². The Morgan fingerprint density at radius 1 is 1.30 bits per heavy atom. The lowest BCUT2D eigenvalue weighted by Gasteiger charge is -2.40. The summed E-state index contributed by atoms with van der Waals surface area (Å²) < 4.78 is 4.84. The Hall–Kier alpha value is -2.18. The van der Waals surface area contributed by atoms with Crippen molar-refractivity contribution in [3.05, 3.63) is 53.4 Å². The Morgan fingerprint density at radius 2 is 2.04 bits per heavy atom. The number of hydrogen-bond donors (Lipinski definition) is 1. The van der Waals surface area contributed by atoms with Crippen molar-refractivity contribution >= 4 is 5.91 Å². The van der Waals surface area contributed by atoms with E-state index in [9.17, 15) is 9.90 Å². The van der Waals surface area contributed by atoms with Crippen LogP contribution < -0.4 is 0 Å². The maximum atomic E-state index is 13.0. The average molecular weight is 371 g/mol. The molecule has 3 rings (SSSR count). The van der Waals surface area contributed by atoms with Crippen molar-refractivity contribution < 1.29 is 14.4 Å². The summed E-state index contributed by atoms with van der Waals surface area (Å²) in [7, 11) is 1.88. The first-order chi connectivity index (χ1) is 12.9. The second-order valence-corrected chi connectivity index (χ2v) is 7.92. The summed E-state index contributed by atoms with van der Waals surface area (Å²) >= 11 is 0. The number of aromatic nitrogens is 1. The Morgan fingerprint density at radius 3 is 2.67 bits per heavy atom. The molecule has 0 spiro atoms. The number of carbonyl (C=O) groups excluding carboxylic acids is 1. The van der Waals surface area contributed by atoms with E-state index in [1.807, 2.05) is 11.9 Å². The molecule has 1 amide bonds. The van der Waals surface area contributed by atoms with E-state index in [4.69, 9.17) is 4.52 Å². The molecule has 1 unspecified atom stereocenters. The number of piperidine rings is 1. The fraction of sp³-hybridized carbons (Fsp3) is 0.524. The molecule has 1 N–H and O–H groups in total. The van der Waals surface area contributed by atoms with Gasteiger partial charge in [-0.3, -0.25) is 9.69 Å². The van der Waals surface area contributed by atoms with Gasteiger partial charge in [0.15, 0.2) is 5.60 Å². The average Bonchev–Trinajstić information content (AvgIpc) is 3.12. The molecule has 146 valence electrons. The topological polar surface area (TPSA) is 69.8 Å².